The van der Waals surface area contributed by atoms with Crippen molar-refractivity contribution < 1.29 is 38.0 Å². The first-order valence-electron chi connectivity index (χ1n) is 11.5. The minimum absolute atomic E-state index is 0.0380. The lowest BCUT2D eigenvalue weighted by Crippen LogP contribution is -2.24. The average Bonchev–Trinajstić information content (AvgIpc) is 3.04. The molecule has 1 fully saturated rings. The Bertz CT molecular complexity index is 730. The van der Waals surface area contributed by atoms with E-state index in [1.165, 1.54) is 24.9 Å². The standard InChI is InChI=1S/C24H35F3O5S/c1-32-23(31)10-5-3-2-4-9-19-20(22(30)14-21(19)29)12-11-17(28)15-33-18-8-6-7-16(13-18)24(25,26)27/h6-8,13,17,19-22,28-30H,2-5,9-12,14-15H2,1H3/t17?,19?,20-,21+,22-/m1/s1. The molecule has 0 spiro atoms. The maximum absolute atomic E-state index is 12.8. The van der Waals surface area contributed by atoms with E-state index in [4.69, 9.17) is 0 Å². The minimum atomic E-state index is -4.40. The first-order chi connectivity index (χ1) is 15.6. The first-order valence-corrected chi connectivity index (χ1v) is 12.5. The van der Waals surface area contributed by atoms with Crippen molar-refractivity contribution in [2.24, 2.45) is 11.8 Å². The van der Waals surface area contributed by atoms with Gasteiger partial charge in [0, 0.05) is 17.1 Å². The first kappa shape index (κ1) is 28.0. The molecule has 0 radical (unpaired) electrons. The molecule has 1 aromatic carbocycles. The second kappa shape index (κ2) is 13.6. The van der Waals surface area contributed by atoms with Crippen LogP contribution in [0.5, 0.6) is 0 Å². The molecule has 0 bridgehead atoms. The zero-order valence-corrected chi connectivity index (χ0v) is 19.8. The van der Waals surface area contributed by atoms with Crippen LogP contribution in [-0.4, -0.2) is 52.5 Å². The van der Waals surface area contributed by atoms with Crippen LogP contribution in [0.15, 0.2) is 29.2 Å². The third kappa shape index (κ3) is 9.47. The third-order valence-electron chi connectivity index (χ3n) is 6.35. The number of aliphatic hydroxyl groups is 3. The Balaban J connectivity index is 1.74. The number of halogens is 3. The molecule has 5 atom stereocenters. The number of alkyl halides is 3. The molecular weight excluding hydrogens is 457 g/mol. The van der Waals surface area contributed by atoms with E-state index < -0.39 is 30.1 Å². The van der Waals surface area contributed by atoms with Gasteiger partial charge in [0.05, 0.1) is 31.0 Å². The Morgan fingerprint density at radius 1 is 1.12 bits per heavy atom. The fraction of sp³-hybridized carbons (Fsp3) is 0.708. The van der Waals surface area contributed by atoms with Crippen LogP contribution >= 0.6 is 11.8 Å². The third-order valence-corrected chi connectivity index (χ3v) is 7.49. The molecular formula is C24H35F3O5S. The Hall–Kier alpha value is -1.29. The van der Waals surface area contributed by atoms with Crippen molar-refractivity contribution in [1.29, 1.82) is 0 Å². The van der Waals surface area contributed by atoms with Crippen molar-refractivity contribution in [3.8, 4) is 0 Å². The number of rotatable bonds is 13. The van der Waals surface area contributed by atoms with Gasteiger partial charge in [-0.15, -0.1) is 11.8 Å². The second-order valence-corrected chi connectivity index (χ2v) is 9.89. The second-order valence-electron chi connectivity index (χ2n) is 8.79. The van der Waals surface area contributed by atoms with Crippen LogP contribution in [-0.2, 0) is 15.7 Å². The molecule has 0 saturated heterocycles. The lowest BCUT2D eigenvalue weighted by atomic mass is 9.85. The van der Waals surface area contributed by atoms with Gasteiger partial charge in [-0.1, -0.05) is 25.3 Å². The van der Waals surface area contributed by atoms with Gasteiger partial charge in [0.2, 0.25) is 0 Å². The number of unbranched alkanes of at least 4 members (excludes halogenated alkanes) is 3. The van der Waals surface area contributed by atoms with E-state index in [2.05, 4.69) is 4.74 Å². The van der Waals surface area contributed by atoms with Crippen molar-refractivity contribution in [3.63, 3.8) is 0 Å². The molecule has 188 valence electrons. The van der Waals surface area contributed by atoms with Gasteiger partial charge in [0.25, 0.3) is 0 Å². The molecule has 5 nitrogen and oxygen atoms in total. The summed E-state index contributed by atoms with van der Waals surface area (Å²) in [5.41, 5.74) is -0.710. The van der Waals surface area contributed by atoms with Gasteiger partial charge >= 0.3 is 12.1 Å². The van der Waals surface area contributed by atoms with Gasteiger partial charge in [0.1, 0.15) is 0 Å². The number of benzene rings is 1. The highest BCUT2D eigenvalue weighted by molar-refractivity contribution is 7.99. The summed E-state index contributed by atoms with van der Waals surface area (Å²) in [6.07, 6.45) is -0.352. The Kier molecular flexibility index (Phi) is 11.5. The van der Waals surface area contributed by atoms with E-state index in [9.17, 15) is 33.3 Å². The van der Waals surface area contributed by atoms with Crippen LogP contribution in [0.2, 0.25) is 0 Å². The molecule has 3 N–H and O–H groups in total. The summed E-state index contributed by atoms with van der Waals surface area (Å²) in [7, 11) is 1.37. The van der Waals surface area contributed by atoms with E-state index in [1.54, 1.807) is 6.07 Å². The number of methoxy groups -OCH3 is 1. The van der Waals surface area contributed by atoms with Crippen molar-refractivity contribution in [3.05, 3.63) is 29.8 Å². The summed E-state index contributed by atoms with van der Waals surface area (Å²) in [6.45, 7) is 0. The zero-order valence-electron chi connectivity index (χ0n) is 19.0. The van der Waals surface area contributed by atoms with Crippen LogP contribution in [0.1, 0.15) is 63.4 Å². The molecule has 1 aromatic rings. The maximum Gasteiger partial charge on any atom is 0.416 e. The number of aliphatic hydroxyl groups excluding tert-OH is 3. The largest absolute Gasteiger partial charge is 0.469 e. The normalized spacial score (nSPS) is 24.1. The zero-order chi connectivity index (χ0) is 24.4. The van der Waals surface area contributed by atoms with E-state index in [0.29, 0.717) is 30.6 Å². The van der Waals surface area contributed by atoms with Gasteiger partial charge in [-0.3, -0.25) is 4.79 Å². The number of ether oxygens (including phenoxy) is 1. The van der Waals surface area contributed by atoms with Crippen LogP contribution in [0.25, 0.3) is 0 Å². The molecule has 1 aliphatic carbocycles. The minimum Gasteiger partial charge on any atom is -0.469 e. The summed E-state index contributed by atoms with van der Waals surface area (Å²) in [5.74, 6) is -0.0984. The summed E-state index contributed by atoms with van der Waals surface area (Å²) in [4.78, 5) is 11.6. The molecule has 0 amide bonds. The summed E-state index contributed by atoms with van der Waals surface area (Å²) < 4.78 is 43.1. The molecule has 9 heteroatoms. The molecule has 1 aliphatic rings. The molecule has 0 aliphatic heterocycles. The van der Waals surface area contributed by atoms with Gasteiger partial charge in [-0.05, 0) is 62.1 Å². The fourth-order valence-corrected chi connectivity index (χ4v) is 5.45. The number of hydrogen-bond donors (Lipinski definition) is 3. The van der Waals surface area contributed by atoms with Crippen molar-refractivity contribution in [1.82, 2.24) is 0 Å². The highest BCUT2D eigenvalue weighted by atomic mass is 32.2. The average molecular weight is 493 g/mol. The van der Waals surface area contributed by atoms with Crippen LogP contribution < -0.4 is 0 Å². The molecule has 33 heavy (non-hydrogen) atoms. The van der Waals surface area contributed by atoms with E-state index >= 15 is 0 Å². The monoisotopic (exact) mass is 492 g/mol. The Morgan fingerprint density at radius 3 is 2.45 bits per heavy atom. The van der Waals surface area contributed by atoms with Gasteiger partial charge in [-0.25, -0.2) is 0 Å². The van der Waals surface area contributed by atoms with Crippen LogP contribution in [0.3, 0.4) is 0 Å². The topological polar surface area (TPSA) is 87.0 Å². The number of carbonyl (C=O) groups is 1. The quantitative estimate of drug-likeness (QED) is 0.208. The molecule has 1 saturated carbocycles. The molecule has 0 aromatic heterocycles. The molecule has 0 heterocycles. The van der Waals surface area contributed by atoms with Gasteiger partial charge in [0.15, 0.2) is 0 Å². The lowest BCUT2D eigenvalue weighted by Gasteiger charge is -2.24. The van der Waals surface area contributed by atoms with E-state index in [-0.39, 0.29) is 23.6 Å². The van der Waals surface area contributed by atoms with Crippen LogP contribution in [0.4, 0.5) is 13.2 Å². The Labute approximate surface area is 197 Å². The summed E-state index contributed by atoms with van der Waals surface area (Å²) in [5, 5.41) is 31.1. The van der Waals surface area contributed by atoms with Crippen molar-refractivity contribution in [2.45, 2.75) is 87.2 Å². The molecule has 2 rings (SSSR count). The van der Waals surface area contributed by atoms with Gasteiger partial charge < -0.3 is 20.1 Å². The summed E-state index contributed by atoms with van der Waals surface area (Å²) in [6, 6.07) is 5.04. The number of hydrogen-bond acceptors (Lipinski definition) is 6. The lowest BCUT2D eigenvalue weighted by molar-refractivity contribution is -0.140. The maximum atomic E-state index is 12.8. The number of thioether (sulfide) groups is 1. The summed E-state index contributed by atoms with van der Waals surface area (Å²) >= 11 is 1.17. The molecule has 2 unspecified atom stereocenters. The fourth-order valence-electron chi connectivity index (χ4n) is 4.51. The predicted octanol–water partition coefficient (Wildman–Crippen LogP) is 4.81. The number of esters is 1. The van der Waals surface area contributed by atoms with Crippen molar-refractivity contribution in [2.75, 3.05) is 12.9 Å². The van der Waals surface area contributed by atoms with Gasteiger partial charge in [-0.2, -0.15) is 13.2 Å². The van der Waals surface area contributed by atoms with Crippen LogP contribution in [0, 0.1) is 11.8 Å². The SMILES string of the molecule is COC(=O)CCCCCCC1[C@@H](CCC(O)CSc2cccc(C(F)(F)F)c2)[C@H](O)C[C@@H]1O. The highest BCUT2D eigenvalue weighted by Gasteiger charge is 2.40. The highest BCUT2D eigenvalue weighted by Crippen LogP contribution is 2.39. The Morgan fingerprint density at radius 2 is 1.79 bits per heavy atom. The van der Waals surface area contributed by atoms with E-state index in [0.717, 1.165) is 44.2 Å². The predicted molar refractivity (Wildman–Crippen MR) is 121 cm³/mol. The van der Waals surface area contributed by atoms with Crippen molar-refractivity contribution >= 4 is 17.7 Å². The van der Waals surface area contributed by atoms with E-state index in [1.807, 2.05) is 0 Å². The number of carbonyl (C=O) groups excluding carboxylic acids is 1. The smallest absolute Gasteiger partial charge is 0.416 e.